The van der Waals surface area contributed by atoms with Crippen LogP contribution in [-0.4, -0.2) is 37.2 Å². The van der Waals surface area contributed by atoms with Crippen LogP contribution in [-0.2, 0) is 28.6 Å². The Morgan fingerprint density at radius 3 is 0.805 bits per heavy atom. The maximum Gasteiger partial charge on any atom is 0.306 e. The Morgan fingerprint density at radius 2 is 0.488 bits per heavy atom. The average Bonchev–Trinajstić information content (AvgIpc) is 3.47. The zero-order valence-corrected chi connectivity index (χ0v) is 53.7. The van der Waals surface area contributed by atoms with Crippen LogP contribution in [0.3, 0.4) is 0 Å². The van der Waals surface area contributed by atoms with Crippen LogP contribution >= 0.6 is 0 Å². The van der Waals surface area contributed by atoms with Gasteiger partial charge in [0.1, 0.15) is 13.2 Å². The van der Waals surface area contributed by atoms with E-state index in [2.05, 4.69) is 142 Å². The van der Waals surface area contributed by atoms with Gasteiger partial charge in [-0.3, -0.25) is 14.4 Å². The number of hydrogen-bond donors (Lipinski definition) is 0. The molecule has 0 radical (unpaired) electrons. The van der Waals surface area contributed by atoms with E-state index >= 15 is 0 Å². The predicted molar refractivity (Wildman–Crippen MR) is 357 cm³/mol. The topological polar surface area (TPSA) is 78.9 Å². The van der Waals surface area contributed by atoms with Crippen molar-refractivity contribution in [1.82, 2.24) is 0 Å². The smallest absolute Gasteiger partial charge is 0.306 e. The maximum atomic E-state index is 13.0. The van der Waals surface area contributed by atoms with E-state index in [9.17, 15) is 14.4 Å². The first-order valence-corrected chi connectivity index (χ1v) is 34.5. The highest BCUT2D eigenvalue weighted by molar-refractivity contribution is 5.71. The molecule has 6 heteroatoms. The van der Waals surface area contributed by atoms with Crippen molar-refractivity contribution in [2.24, 2.45) is 0 Å². The molecule has 6 nitrogen and oxygen atoms in total. The largest absolute Gasteiger partial charge is 0.462 e. The van der Waals surface area contributed by atoms with Crippen molar-refractivity contribution in [3.8, 4) is 0 Å². The van der Waals surface area contributed by atoms with Crippen LogP contribution in [0.15, 0.2) is 122 Å². The summed E-state index contributed by atoms with van der Waals surface area (Å²) in [6.07, 6.45) is 96.4. The molecule has 0 aliphatic carbocycles. The van der Waals surface area contributed by atoms with Crippen LogP contribution in [0.4, 0.5) is 0 Å². The van der Waals surface area contributed by atoms with Gasteiger partial charge in [0.15, 0.2) is 6.10 Å². The fourth-order valence-electron chi connectivity index (χ4n) is 9.52. The second-order valence-corrected chi connectivity index (χ2v) is 22.7. The summed E-state index contributed by atoms with van der Waals surface area (Å²) in [7, 11) is 0. The SMILES string of the molecule is CC/C=C\C/C=C\C/C=C\C/C=C\C/C=C\C/C=C\C/C=C\CCCC(=O)OCC(COC(=O)CCCCCCCCC/C=C\CCCCCCCCC)OC(=O)CCCCCCCCCCCCC/C=C\C/C=C\CCCCCCC. The molecule has 0 saturated carbocycles. The van der Waals surface area contributed by atoms with E-state index in [0.29, 0.717) is 19.3 Å². The summed E-state index contributed by atoms with van der Waals surface area (Å²) in [5, 5.41) is 0. The molecule has 1 unspecified atom stereocenters. The highest BCUT2D eigenvalue weighted by atomic mass is 16.6. The van der Waals surface area contributed by atoms with Crippen LogP contribution < -0.4 is 0 Å². The van der Waals surface area contributed by atoms with E-state index in [-0.39, 0.29) is 37.5 Å². The normalized spacial score (nSPS) is 12.9. The first-order valence-electron chi connectivity index (χ1n) is 34.5. The summed E-state index contributed by atoms with van der Waals surface area (Å²) < 4.78 is 16.9. The lowest BCUT2D eigenvalue weighted by Gasteiger charge is -2.18. The Balaban J connectivity index is 4.48. The van der Waals surface area contributed by atoms with Crippen LogP contribution in [0.1, 0.15) is 323 Å². The third-order valence-corrected chi connectivity index (χ3v) is 14.7. The molecular formula is C76H128O6. The molecule has 82 heavy (non-hydrogen) atoms. The Labute approximate surface area is 507 Å². The van der Waals surface area contributed by atoms with Gasteiger partial charge in [-0.1, -0.05) is 296 Å². The Hall–Kier alpha value is -4.19. The Morgan fingerprint density at radius 1 is 0.256 bits per heavy atom. The number of esters is 3. The molecule has 0 aliphatic rings. The van der Waals surface area contributed by atoms with Crippen LogP contribution in [0.2, 0.25) is 0 Å². The van der Waals surface area contributed by atoms with Crippen molar-refractivity contribution in [3.63, 3.8) is 0 Å². The quantitative estimate of drug-likeness (QED) is 0.0261. The molecule has 0 rings (SSSR count). The zero-order valence-electron chi connectivity index (χ0n) is 53.7. The highest BCUT2D eigenvalue weighted by Gasteiger charge is 2.19. The molecule has 0 aromatic carbocycles. The highest BCUT2D eigenvalue weighted by Crippen LogP contribution is 2.16. The van der Waals surface area contributed by atoms with E-state index < -0.39 is 6.10 Å². The predicted octanol–water partition coefficient (Wildman–Crippen LogP) is 23.9. The number of unbranched alkanes of at least 4 members (excludes halogenated alkanes) is 31. The summed E-state index contributed by atoms with van der Waals surface area (Å²) in [4.78, 5) is 38.4. The molecule has 0 spiro atoms. The monoisotopic (exact) mass is 1140 g/mol. The van der Waals surface area contributed by atoms with Crippen molar-refractivity contribution < 1.29 is 28.6 Å². The van der Waals surface area contributed by atoms with Gasteiger partial charge in [-0.25, -0.2) is 0 Å². The fraction of sp³-hybridized carbons (Fsp3) is 0.697. The lowest BCUT2D eigenvalue weighted by molar-refractivity contribution is -0.167. The van der Waals surface area contributed by atoms with Crippen LogP contribution in [0, 0.1) is 0 Å². The number of ether oxygens (including phenoxy) is 3. The van der Waals surface area contributed by atoms with Crippen molar-refractivity contribution in [2.45, 2.75) is 329 Å². The van der Waals surface area contributed by atoms with Crippen LogP contribution in [0.25, 0.3) is 0 Å². The fourth-order valence-corrected chi connectivity index (χ4v) is 9.52. The molecule has 0 heterocycles. The minimum atomic E-state index is -0.810. The van der Waals surface area contributed by atoms with Gasteiger partial charge in [-0.05, 0) is 128 Å². The van der Waals surface area contributed by atoms with Gasteiger partial charge in [0.05, 0.1) is 0 Å². The van der Waals surface area contributed by atoms with Crippen molar-refractivity contribution in [2.75, 3.05) is 13.2 Å². The van der Waals surface area contributed by atoms with Gasteiger partial charge in [0, 0.05) is 19.3 Å². The minimum Gasteiger partial charge on any atom is -0.462 e. The average molecular weight is 1140 g/mol. The number of hydrogen-bond acceptors (Lipinski definition) is 6. The second kappa shape index (κ2) is 69.3. The molecule has 468 valence electrons. The van der Waals surface area contributed by atoms with Crippen molar-refractivity contribution in [1.29, 1.82) is 0 Å². The van der Waals surface area contributed by atoms with E-state index in [4.69, 9.17) is 14.2 Å². The first kappa shape index (κ1) is 77.8. The molecule has 0 saturated heterocycles. The van der Waals surface area contributed by atoms with Gasteiger partial charge in [-0.15, -0.1) is 0 Å². The third kappa shape index (κ3) is 66.6. The summed E-state index contributed by atoms with van der Waals surface area (Å²) in [5.74, 6) is -0.959. The molecule has 0 N–H and O–H groups in total. The number of rotatable bonds is 62. The van der Waals surface area contributed by atoms with E-state index in [1.165, 1.54) is 180 Å². The molecule has 0 fully saturated rings. The molecule has 0 bridgehead atoms. The van der Waals surface area contributed by atoms with Gasteiger partial charge >= 0.3 is 17.9 Å². The molecule has 0 aromatic rings. The number of allylic oxidation sites excluding steroid dienone is 20. The van der Waals surface area contributed by atoms with E-state index in [1.54, 1.807) is 0 Å². The first-order chi connectivity index (χ1) is 40.5. The van der Waals surface area contributed by atoms with Crippen molar-refractivity contribution in [3.05, 3.63) is 122 Å². The third-order valence-electron chi connectivity index (χ3n) is 14.7. The van der Waals surface area contributed by atoms with Gasteiger partial charge in [0.2, 0.25) is 0 Å². The summed E-state index contributed by atoms with van der Waals surface area (Å²) in [6.45, 7) is 6.49. The Kier molecular flexibility index (Phi) is 65.8. The minimum absolute atomic E-state index is 0.100. The number of carbonyl (C=O) groups is 3. The lowest BCUT2D eigenvalue weighted by atomic mass is 10.0. The van der Waals surface area contributed by atoms with Gasteiger partial charge < -0.3 is 14.2 Å². The maximum absolute atomic E-state index is 13.0. The Bertz CT molecular complexity index is 1690. The van der Waals surface area contributed by atoms with Crippen molar-refractivity contribution >= 4 is 17.9 Å². The van der Waals surface area contributed by atoms with Gasteiger partial charge in [0.25, 0.3) is 0 Å². The van der Waals surface area contributed by atoms with E-state index in [0.717, 1.165) is 96.3 Å². The molecule has 0 amide bonds. The second-order valence-electron chi connectivity index (χ2n) is 22.7. The summed E-state index contributed by atoms with van der Waals surface area (Å²) in [5.41, 5.74) is 0. The summed E-state index contributed by atoms with van der Waals surface area (Å²) in [6, 6.07) is 0. The standard InChI is InChI=1S/C76H128O6/c1-4-7-10-13-16-19-22-25-28-31-34-36-38-40-42-45-48-51-54-57-60-63-66-69-75(78)81-72-73(71-80-74(77)68-65-62-59-56-53-50-47-44-33-30-27-24-21-18-15-12-9-6-3)82-76(79)70-67-64-61-58-55-52-49-46-43-41-39-37-35-32-29-26-23-20-17-14-11-8-5-2/h7,10,16,19,23,25-26,28,30,32-36,40,42,48,51,57,60,73H,4-6,8-9,11-15,17-18,20-22,24,27,29,31,37-39,41,43-47,49-50,52-56,58-59,61-72H2,1-3H3/b10-7-,19-16-,26-23-,28-25-,33-30-,35-32-,36-34-,42-40-,51-48-,60-57-. The zero-order chi connectivity index (χ0) is 59.2. The summed E-state index contributed by atoms with van der Waals surface area (Å²) >= 11 is 0. The molecule has 1 atom stereocenters. The molecule has 0 aliphatic heterocycles. The number of carbonyl (C=O) groups excluding carboxylic acids is 3. The molecule has 0 aromatic heterocycles. The van der Waals surface area contributed by atoms with Crippen LogP contribution in [0.5, 0.6) is 0 Å². The van der Waals surface area contributed by atoms with E-state index in [1.807, 2.05) is 0 Å². The molecular weight excluding hydrogens is 1010 g/mol. The van der Waals surface area contributed by atoms with Gasteiger partial charge in [-0.2, -0.15) is 0 Å². The lowest BCUT2D eigenvalue weighted by Crippen LogP contribution is -2.30.